The van der Waals surface area contributed by atoms with Crippen molar-refractivity contribution in [3.63, 3.8) is 0 Å². The third-order valence-electron chi connectivity index (χ3n) is 2.08. The van der Waals surface area contributed by atoms with Crippen molar-refractivity contribution >= 4 is 5.91 Å². The Kier molecular flexibility index (Phi) is 5.44. The van der Waals surface area contributed by atoms with E-state index in [1.807, 2.05) is 0 Å². The van der Waals surface area contributed by atoms with Crippen molar-refractivity contribution in [2.75, 3.05) is 26.8 Å². The largest absolute Gasteiger partial charge is 0.472 e. The Hall–Kier alpha value is -1.76. The van der Waals surface area contributed by atoms with Gasteiger partial charge in [0.2, 0.25) is 5.88 Å². The normalized spacial score (nSPS) is 10.5. The maximum Gasteiger partial charge on any atom is 0.272 e. The summed E-state index contributed by atoms with van der Waals surface area (Å²) in [6.45, 7) is -0.760. The van der Waals surface area contributed by atoms with Crippen molar-refractivity contribution in [3.05, 3.63) is 23.9 Å². The van der Waals surface area contributed by atoms with Gasteiger partial charge in [-0.3, -0.25) is 4.79 Å². The number of aromatic nitrogens is 1. The van der Waals surface area contributed by atoms with Gasteiger partial charge in [-0.15, -0.1) is 0 Å². The highest BCUT2D eigenvalue weighted by atomic mass is 19.3. The van der Waals surface area contributed by atoms with Gasteiger partial charge in [-0.25, -0.2) is 13.8 Å². The van der Waals surface area contributed by atoms with E-state index in [2.05, 4.69) is 4.98 Å². The first kappa shape index (κ1) is 14.3. The third-order valence-corrected chi connectivity index (χ3v) is 2.08. The quantitative estimate of drug-likeness (QED) is 0.821. The summed E-state index contributed by atoms with van der Waals surface area (Å²) >= 11 is 0. The Labute approximate surface area is 103 Å². The molecule has 0 bridgehead atoms. The van der Waals surface area contributed by atoms with Crippen molar-refractivity contribution in [2.24, 2.45) is 0 Å². The van der Waals surface area contributed by atoms with Gasteiger partial charge in [0.1, 0.15) is 5.69 Å². The van der Waals surface area contributed by atoms with Gasteiger partial charge in [-0.2, -0.15) is 0 Å². The zero-order valence-electron chi connectivity index (χ0n) is 9.84. The molecule has 100 valence electrons. The monoisotopic (exact) mass is 260 g/mol. The number of halogens is 2. The van der Waals surface area contributed by atoms with Crippen molar-refractivity contribution in [1.29, 1.82) is 0 Å². The van der Waals surface area contributed by atoms with Crippen molar-refractivity contribution < 1.29 is 23.4 Å². The van der Waals surface area contributed by atoms with E-state index in [9.17, 15) is 13.6 Å². The Morgan fingerprint density at radius 2 is 2.28 bits per heavy atom. The minimum absolute atomic E-state index is 0.0291. The first-order valence-corrected chi connectivity index (χ1v) is 5.29. The standard InChI is InChI=1S/C11H14F2N2O3/c1-15(5-6-16)11(17)8-3-2-4-10(14-8)18-7-9(12)13/h2-4,9,16H,5-7H2,1H3. The molecule has 0 saturated carbocycles. The minimum Gasteiger partial charge on any atom is -0.472 e. The highest BCUT2D eigenvalue weighted by molar-refractivity contribution is 5.92. The Balaban J connectivity index is 2.72. The summed E-state index contributed by atoms with van der Waals surface area (Å²) in [6, 6.07) is 4.34. The number of pyridine rings is 1. The lowest BCUT2D eigenvalue weighted by atomic mass is 10.3. The number of nitrogens with zero attached hydrogens (tertiary/aromatic N) is 2. The van der Waals surface area contributed by atoms with Crippen LogP contribution in [0.3, 0.4) is 0 Å². The van der Waals surface area contributed by atoms with Crippen LogP contribution in [0.1, 0.15) is 10.5 Å². The topological polar surface area (TPSA) is 62.7 Å². The van der Waals surface area contributed by atoms with Crippen LogP contribution in [0.2, 0.25) is 0 Å². The average Bonchev–Trinajstić information content (AvgIpc) is 2.36. The molecule has 0 atom stereocenters. The third kappa shape index (κ3) is 4.25. The van der Waals surface area contributed by atoms with E-state index in [1.165, 1.54) is 30.1 Å². The number of alkyl halides is 2. The van der Waals surface area contributed by atoms with E-state index in [-0.39, 0.29) is 24.7 Å². The summed E-state index contributed by atoms with van der Waals surface area (Å²) in [5, 5.41) is 8.71. The van der Waals surface area contributed by atoms with Gasteiger partial charge in [-0.05, 0) is 6.07 Å². The molecule has 1 amide bonds. The number of amides is 1. The van der Waals surface area contributed by atoms with Crippen LogP contribution in [0.5, 0.6) is 5.88 Å². The second-order valence-electron chi connectivity index (χ2n) is 3.51. The second kappa shape index (κ2) is 6.85. The number of aliphatic hydroxyl groups excluding tert-OH is 1. The number of ether oxygens (including phenoxy) is 1. The first-order valence-electron chi connectivity index (χ1n) is 5.29. The number of carbonyl (C=O) groups excluding carboxylic acids is 1. The van der Waals surface area contributed by atoms with Gasteiger partial charge in [0.25, 0.3) is 12.3 Å². The van der Waals surface area contributed by atoms with Crippen LogP contribution in [-0.2, 0) is 0 Å². The number of hydrogen-bond acceptors (Lipinski definition) is 4. The fourth-order valence-electron chi connectivity index (χ4n) is 1.21. The Morgan fingerprint density at radius 3 is 2.89 bits per heavy atom. The highest BCUT2D eigenvalue weighted by Gasteiger charge is 2.13. The van der Waals surface area contributed by atoms with Gasteiger partial charge in [-0.1, -0.05) is 6.07 Å². The molecule has 0 aliphatic carbocycles. The summed E-state index contributed by atoms with van der Waals surface area (Å²) in [4.78, 5) is 16.9. The Morgan fingerprint density at radius 1 is 1.56 bits per heavy atom. The lowest BCUT2D eigenvalue weighted by molar-refractivity contribution is 0.0747. The van der Waals surface area contributed by atoms with Crippen molar-refractivity contribution in [3.8, 4) is 5.88 Å². The van der Waals surface area contributed by atoms with Crippen LogP contribution in [-0.4, -0.2) is 54.1 Å². The molecule has 0 radical (unpaired) electrons. The lowest BCUT2D eigenvalue weighted by Crippen LogP contribution is -2.30. The zero-order valence-corrected chi connectivity index (χ0v) is 9.84. The minimum atomic E-state index is -2.59. The second-order valence-corrected chi connectivity index (χ2v) is 3.51. The van der Waals surface area contributed by atoms with E-state index in [0.717, 1.165) is 0 Å². The molecule has 1 aromatic heterocycles. The predicted molar refractivity (Wildman–Crippen MR) is 59.8 cm³/mol. The first-order chi connectivity index (χ1) is 8.54. The molecule has 7 heteroatoms. The maximum absolute atomic E-state index is 12.0. The molecule has 1 N–H and O–H groups in total. The molecule has 0 unspecified atom stereocenters. The Bertz CT molecular complexity index is 402. The van der Waals surface area contributed by atoms with Gasteiger partial charge in [0, 0.05) is 19.7 Å². The van der Waals surface area contributed by atoms with Gasteiger partial charge in [0.15, 0.2) is 6.61 Å². The van der Waals surface area contributed by atoms with Crippen LogP contribution in [0.4, 0.5) is 8.78 Å². The molecular weight excluding hydrogens is 246 g/mol. The van der Waals surface area contributed by atoms with Crippen LogP contribution < -0.4 is 4.74 Å². The lowest BCUT2D eigenvalue weighted by Gasteiger charge is -2.15. The SMILES string of the molecule is CN(CCO)C(=O)c1cccc(OCC(F)F)n1. The molecule has 18 heavy (non-hydrogen) atoms. The van der Waals surface area contributed by atoms with E-state index < -0.39 is 18.9 Å². The number of carbonyl (C=O) groups is 1. The van der Waals surface area contributed by atoms with Gasteiger partial charge < -0.3 is 14.7 Å². The fourth-order valence-corrected chi connectivity index (χ4v) is 1.21. The zero-order chi connectivity index (χ0) is 13.5. The molecule has 0 aliphatic rings. The summed E-state index contributed by atoms with van der Waals surface area (Å²) in [6.07, 6.45) is -2.59. The molecule has 0 aromatic carbocycles. The molecule has 0 saturated heterocycles. The number of hydrogen-bond donors (Lipinski definition) is 1. The van der Waals surface area contributed by atoms with Gasteiger partial charge >= 0.3 is 0 Å². The summed E-state index contributed by atoms with van der Waals surface area (Å²) in [7, 11) is 1.51. The van der Waals surface area contributed by atoms with Gasteiger partial charge in [0.05, 0.1) is 6.61 Å². The number of aliphatic hydroxyl groups is 1. The molecule has 0 spiro atoms. The molecule has 0 fully saturated rings. The van der Waals surface area contributed by atoms with Crippen LogP contribution in [0, 0.1) is 0 Å². The van der Waals surface area contributed by atoms with Crippen molar-refractivity contribution in [1.82, 2.24) is 9.88 Å². The van der Waals surface area contributed by atoms with Crippen LogP contribution >= 0.6 is 0 Å². The van der Waals surface area contributed by atoms with Crippen molar-refractivity contribution in [2.45, 2.75) is 6.43 Å². The molecule has 1 aromatic rings. The van der Waals surface area contributed by atoms with E-state index in [4.69, 9.17) is 9.84 Å². The maximum atomic E-state index is 12.0. The van der Waals surface area contributed by atoms with Crippen LogP contribution in [0.25, 0.3) is 0 Å². The average molecular weight is 260 g/mol. The predicted octanol–water partition coefficient (Wildman–Crippen LogP) is 0.790. The van der Waals surface area contributed by atoms with E-state index >= 15 is 0 Å². The summed E-state index contributed by atoms with van der Waals surface area (Å²) in [5.41, 5.74) is 0.0812. The summed E-state index contributed by atoms with van der Waals surface area (Å²) < 4.78 is 28.6. The molecule has 1 heterocycles. The smallest absolute Gasteiger partial charge is 0.272 e. The molecule has 5 nitrogen and oxygen atoms in total. The summed E-state index contributed by atoms with van der Waals surface area (Å²) in [5.74, 6) is -0.440. The molecule has 1 rings (SSSR count). The number of likely N-dealkylation sites (N-methyl/N-ethyl adjacent to an activating group) is 1. The molecule has 0 aliphatic heterocycles. The van der Waals surface area contributed by atoms with E-state index in [0.29, 0.717) is 0 Å². The highest BCUT2D eigenvalue weighted by Crippen LogP contribution is 2.10. The molecular formula is C11H14F2N2O3. The van der Waals surface area contributed by atoms with E-state index in [1.54, 1.807) is 0 Å². The fraction of sp³-hybridized carbons (Fsp3) is 0.455. The van der Waals surface area contributed by atoms with Crippen LogP contribution in [0.15, 0.2) is 18.2 Å². The number of rotatable bonds is 6.